The first-order valence-electron chi connectivity index (χ1n) is 10.6. The van der Waals surface area contributed by atoms with Crippen LogP contribution in [-0.2, 0) is 20.9 Å². The number of aromatic amines is 1. The van der Waals surface area contributed by atoms with Crippen molar-refractivity contribution in [2.45, 2.75) is 25.4 Å². The van der Waals surface area contributed by atoms with Gasteiger partial charge in [-0.2, -0.15) is 0 Å². The van der Waals surface area contributed by atoms with E-state index in [2.05, 4.69) is 31.2 Å². The third kappa shape index (κ3) is 6.44. The predicted octanol–water partition coefficient (Wildman–Crippen LogP) is -1.19. The number of aromatic nitrogens is 2. The van der Waals surface area contributed by atoms with Gasteiger partial charge in [0.25, 0.3) is 11.5 Å². The SMILES string of the molecule is Nc1nc2ccc(CN(C(=O)CBr)c3ccc(C(=O)N[C@@H](CCC(=O)[O-])C(=O)[O-])cc3)cc2c(=O)[nH]1. The number of rotatable bonds is 10. The van der Waals surface area contributed by atoms with E-state index in [-0.39, 0.29) is 29.3 Å². The maximum atomic E-state index is 12.6. The fraction of sp³-hybridized carbons (Fsp3) is 0.217. The Kier molecular flexibility index (Phi) is 8.38. The average molecular weight is 558 g/mol. The van der Waals surface area contributed by atoms with E-state index in [1.807, 2.05) is 0 Å². The van der Waals surface area contributed by atoms with Crippen LogP contribution in [0.2, 0.25) is 0 Å². The van der Waals surface area contributed by atoms with Gasteiger partial charge in [0.05, 0.1) is 34.8 Å². The van der Waals surface area contributed by atoms with Gasteiger partial charge >= 0.3 is 0 Å². The van der Waals surface area contributed by atoms with E-state index in [1.54, 1.807) is 18.2 Å². The molecular formula is C23H20BrN5O7-2. The number of hydrogen-bond donors (Lipinski definition) is 3. The van der Waals surface area contributed by atoms with Gasteiger partial charge in [0.15, 0.2) is 0 Å². The van der Waals surface area contributed by atoms with Crippen LogP contribution in [0.5, 0.6) is 0 Å². The molecule has 1 heterocycles. The fourth-order valence-corrected chi connectivity index (χ4v) is 3.73. The van der Waals surface area contributed by atoms with Crippen LogP contribution in [0, 0.1) is 0 Å². The fourth-order valence-electron chi connectivity index (χ4n) is 3.43. The lowest BCUT2D eigenvalue weighted by molar-refractivity contribution is -0.309. The van der Waals surface area contributed by atoms with Crippen molar-refractivity contribution >= 4 is 62.2 Å². The Morgan fingerprint density at radius 1 is 1.11 bits per heavy atom. The van der Waals surface area contributed by atoms with Crippen molar-refractivity contribution < 1.29 is 29.4 Å². The van der Waals surface area contributed by atoms with Crippen LogP contribution >= 0.6 is 15.9 Å². The Bertz CT molecular complexity index is 1370. The highest BCUT2D eigenvalue weighted by Crippen LogP contribution is 2.21. The van der Waals surface area contributed by atoms with Crippen molar-refractivity contribution in [3.63, 3.8) is 0 Å². The Labute approximate surface area is 212 Å². The van der Waals surface area contributed by atoms with Crippen LogP contribution in [0.25, 0.3) is 10.9 Å². The van der Waals surface area contributed by atoms with Gasteiger partial charge in [-0.05, 0) is 54.8 Å². The summed E-state index contributed by atoms with van der Waals surface area (Å²) in [6, 6.07) is 9.20. The number of carbonyl (C=O) groups is 4. The molecule has 0 saturated carbocycles. The summed E-state index contributed by atoms with van der Waals surface area (Å²) in [5, 5.41) is 24.3. The lowest BCUT2D eigenvalue weighted by atomic mass is 10.1. The molecule has 0 saturated heterocycles. The molecule has 0 radical (unpaired) electrons. The van der Waals surface area contributed by atoms with Gasteiger partial charge in [-0.3, -0.25) is 19.4 Å². The van der Waals surface area contributed by atoms with Crippen LogP contribution < -0.4 is 31.7 Å². The number of nitrogens with zero attached hydrogens (tertiary/aromatic N) is 2. The number of carboxylic acids is 2. The molecule has 3 aromatic rings. The molecule has 188 valence electrons. The first-order valence-corrected chi connectivity index (χ1v) is 11.7. The van der Waals surface area contributed by atoms with Gasteiger partial charge in [-0.15, -0.1) is 0 Å². The Morgan fingerprint density at radius 2 is 1.81 bits per heavy atom. The molecule has 36 heavy (non-hydrogen) atoms. The Balaban J connectivity index is 1.81. The van der Waals surface area contributed by atoms with Crippen molar-refractivity contribution in [2.75, 3.05) is 16.0 Å². The zero-order valence-electron chi connectivity index (χ0n) is 18.7. The number of nitrogens with two attached hydrogens (primary N) is 1. The van der Waals surface area contributed by atoms with Crippen molar-refractivity contribution in [3.05, 3.63) is 63.9 Å². The molecule has 2 amide bonds. The number of fused-ring (bicyclic) bond motifs is 1. The minimum Gasteiger partial charge on any atom is -0.550 e. The van der Waals surface area contributed by atoms with Gasteiger partial charge in [-0.1, -0.05) is 22.0 Å². The second kappa shape index (κ2) is 11.4. The van der Waals surface area contributed by atoms with Gasteiger partial charge in [0.2, 0.25) is 11.9 Å². The summed E-state index contributed by atoms with van der Waals surface area (Å²) in [5.41, 5.74) is 6.73. The van der Waals surface area contributed by atoms with E-state index in [4.69, 9.17) is 5.73 Å². The number of nitrogen functional groups attached to an aromatic ring is 1. The summed E-state index contributed by atoms with van der Waals surface area (Å²) in [6.45, 7) is 0.103. The summed E-state index contributed by atoms with van der Waals surface area (Å²) in [4.78, 5) is 67.0. The highest BCUT2D eigenvalue weighted by Gasteiger charge is 2.18. The quantitative estimate of drug-likeness (QED) is 0.256. The number of anilines is 2. The Hall–Kier alpha value is -4.26. The summed E-state index contributed by atoms with van der Waals surface area (Å²) in [5.74, 6) is -4.13. The largest absolute Gasteiger partial charge is 0.550 e. The maximum absolute atomic E-state index is 12.6. The number of H-pyrrole nitrogens is 1. The monoisotopic (exact) mass is 557 g/mol. The predicted molar refractivity (Wildman–Crippen MR) is 129 cm³/mol. The highest BCUT2D eigenvalue weighted by molar-refractivity contribution is 9.09. The van der Waals surface area contributed by atoms with Gasteiger partial charge < -0.3 is 35.8 Å². The summed E-state index contributed by atoms with van der Waals surface area (Å²) in [7, 11) is 0. The molecule has 3 rings (SSSR count). The number of nitrogens with one attached hydrogen (secondary N) is 2. The summed E-state index contributed by atoms with van der Waals surface area (Å²) >= 11 is 3.15. The smallest absolute Gasteiger partial charge is 0.260 e. The molecule has 0 aliphatic rings. The number of aliphatic carboxylic acids is 2. The zero-order valence-corrected chi connectivity index (χ0v) is 20.2. The molecular weight excluding hydrogens is 538 g/mol. The molecule has 0 unspecified atom stereocenters. The Morgan fingerprint density at radius 3 is 2.42 bits per heavy atom. The van der Waals surface area contributed by atoms with E-state index in [1.165, 1.54) is 29.2 Å². The molecule has 4 N–H and O–H groups in total. The van der Waals surface area contributed by atoms with Crippen LogP contribution in [0.15, 0.2) is 47.3 Å². The van der Waals surface area contributed by atoms with E-state index in [0.717, 1.165) is 0 Å². The minimum absolute atomic E-state index is 0.00716. The second-order valence-electron chi connectivity index (χ2n) is 7.72. The van der Waals surface area contributed by atoms with E-state index in [9.17, 15) is 34.2 Å². The highest BCUT2D eigenvalue weighted by atomic mass is 79.9. The molecule has 13 heteroatoms. The summed E-state index contributed by atoms with van der Waals surface area (Å²) < 4.78 is 0. The van der Waals surface area contributed by atoms with E-state index in [0.29, 0.717) is 22.2 Å². The van der Waals surface area contributed by atoms with Crippen LogP contribution in [-0.4, -0.2) is 45.1 Å². The molecule has 0 bridgehead atoms. The first kappa shape index (κ1) is 26.3. The molecule has 1 aromatic heterocycles. The molecule has 0 aliphatic carbocycles. The molecule has 12 nitrogen and oxygen atoms in total. The minimum atomic E-state index is -1.62. The van der Waals surface area contributed by atoms with Crippen LogP contribution in [0.1, 0.15) is 28.8 Å². The van der Waals surface area contributed by atoms with Crippen LogP contribution in [0.4, 0.5) is 11.6 Å². The van der Waals surface area contributed by atoms with E-state index >= 15 is 0 Å². The summed E-state index contributed by atoms with van der Waals surface area (Å²) in [6.07, 6.45) is -0.954. The zero-order chi connectivity index (χ0) is 26.4. The van der Waals surface area contributed by atoms with Gasteiger partial charge in [0, 0.05) is 17.2 Å². The lowest BCUT2D eigenvalue weighted by Gasteiger charge is -2.23. The number of benzene rings is 2. The number of alkyl halides is 1. The standard InChI is InChI=1S/C23H22BrN5O7/c24-10-18(30)29(11-12-1-6-16-15(9-12)21(34)28-23(25)27-16)14-4-2-13(3-5-14)20(33)26-17(22(35)36)7-8-19(31)32/h1-6,9,17H,7-8,10-11H2,(H,26,33)(H,31,32)(H,35,36)(H3,25,27,28,34)/p-2/t17-/m0/s1. The van der Waals surface area contributed by atoms with Crippen molar-refractivity contribution in [2.24, 2.45) is 0 Å². The van der Waals surface area contributed by atoms with Crippen molar-refractivity contribution in [3.8, 4) is 0 Å². The van der Waals surface area contributed by atoms with Crippen LogP contribution in [0.3, 0.4) is 0 Å². The maximum Gasteiger partial charge on any atom is 0.260 e. The topological polar surface area (TPSA) is 201 Å². The van der Waals surface area contributed by atoms with Gasteiger partial charge in [-0.25, -0.2) is 4.98 Å². The normalized spacial score (nSPS) is 11.6. The third-order valence-corrected chi connectivity index (χ3v) is 5.69. The number of carboxylic acid groups (broad SMARTS) is 2. The van der Waals surface area contributed by atoms with Crippen molar-refractivity contribution in [1.29, 1.82) is 0 Å². The third-order valence-electron chi connectivity index (χ3n) is 5.21. The molecule has 0 spiro atoms. The van der Waals surface area contributed by atoms with Gasteiger partial charge in [0.1, 0.15) is 0 Å². The molecule has 2 aromatic carbocycles. The van der Waals surface area contributed by atoms with Crippen molar-refractivity contribution in [1.82, 2.24) is 15.3 Å². The number of hydrogen-bond acceptors (Lipinski definition) is 9. The number of halogens is 1. The molecule has 1 atom stereocenters. The molecule has 0 aliphatic heterocycles. The second-order valence-corrected chi connectivity index (χ2v) is 8.28. The number of carbonyl (C=O) groups excluding carboxylic acids is 4. The average Bonchev–Trinajstić information content (AvgIpc) is 2.84. The first-order chi connectivity index (χ1) is 17.1. The number of amides is 2. The molecule has 0 fully saturated rings. The van der Waals surface area contributed by atoms with E-state index < -0.39 is 42.3 Å². The lowest BCUT2D eigenvalue weighted by Crippen LogP contribution is -2.48.